The van der Waals surface area contributed by atoms with Crippen LogP contribution in [0, 0.1) is 5.41 Å². The third-order valence-corrected chi connectivity index (χ3v) is 4.88. The van der Waals surface area contributed by atoms with Gasteiger partial charge in [-0.2, -0.15) is 0 Å². The number of nitrogens with zero attached hydrogens (tertiary/aromatic N) is 1. The van der Waals surface area contributed by atoms with Gasteiger partial charge in [0.25, 0.3) is 0 Å². The topological polar surface area (TPSA) is 69.6 Å². The van der Waals surface area contributed by atoms with Gasteiger partial charge in [0.05, 0.1) is 11.0 Å². The maximum absolute atomic E-state index is 12.5. The molecule has 0 saturated carbocycles. The summed E-state index contributed by atoms with van der Waals surface area (Å²) in [7, 11) is 0. The van der Waals surface area contributed by atoms with Crippen LogP contribution in [0.2, 0.25) is 0 Å². The summed E-state index contributed by atoms with van der Waals surface area (Å²) in [5.41, 5.74) is -1.84. The number of carboxylic acid groups (broad SMARTS) is 1. The third-order valence-electron chi connectivity index (χ3n) is 4.88. The minimum atomic E-state index is -1.03. The summed E-state index contributed by atoms with van der Waals surface area (Å²) in [4.78, 5) is 25.7. The molecule has 5 heteroatoms. The van der Waals surface area contributed by atoms with Gasteiger partial charge in [-0.05, 0) is 53.4 Å². The van der Waals surface area contributed by atoms with Gasteiger partial charge in [0.2, 0.25) is 0 Å². The van der Waals surface area contributed by atoms with E-state index < -0.39 is 16.9 Å². The van der Waals surface area contributed by atoms with Gasteiger partial charge in [-0.25, -0.2) is 4.79 Å². The molecule has 5 nitrogen and oxygen atoms in total. The second kappa shape index (κ2) is 6.02. The van der Waals surface area contributed by atoms with Crippen LogP contribution in [0.1, 0.15) is 60.3 Å². The summed E-state index contributed by atoms with van der Waals surface area (Å²) in [5.74, 6) is -0.909. The van der Waals surface area contributed by atoms with E-state index in [4.69, 9.17) is 0 Å². The minimum Gasteiger partial charge on any atom is -0.481 e. The van der Waals surface area contributed by atoms with Crippen LogP contribution in [0.25, 0.3) is 0 Å². The first-order chi connectivity index (χ1) is 9.13. The Morgan fingerprint density at radius 2 is 1.85 bits per heavy atom. The minimum absolute atomic E-state index is 0.143. The molecule has 1 atom stereocenters. The molecule has 0 radical (unpaired) electrons. The maximum Gasteiger partial charge on any atom is 0.318 e. The highest BCUT2D eigenvalue weighted by Gasteiger charge is 2.45. The van der Waals surface area contributed by atoms with Crippen molar-refractivity contribution < 1.29 is 14.7 Å². The summed E-state index contributed by atoms with van der Waals surface area (Å²) in [6.45, 7) is 9.66. The Balaban J connectivity index is 2.80. The molecule has 1 aliphatic rings. The molecule has 1 saturated heterocycles. The molecule has 20 heavy (non-hydrogen) atoms. The maximum atomic E-state index is 12.5. The molecule has 0 aromatic heterocycles. The fraction of sp³-hybridized carbons (Fsp3) is 0.867. The summed E-state index contributed by atoms with van der Waals surface area (Å²) >= 11 is 0. The molecule has 1 rings (SSSR count). The number of carbonyl (C=O) groups excluding carboxylic acids is 1. The van der Waals surface area contributed by atoms with Crippen molar-refractivity contribution in [3.05, 3.63) is 0 Å². The zero-order valence-electron chi connectivity index (χ0n) is 13.3. The Labute approximate surface area is 121 Å². The Kier molecular flexibility index (Phi) is 5.05. The van der Waals surface area contributed by atoms with Gasteiger partial charge in [-0.1, -0.05) is 6.92 Å². The number of nitrogens with one attached hydrogen (secondary N) is 1. The SMILES string of the molecule is CCC1CCCCN1C(=O)NC(C)(C)C(C)(C)C(=O)O. The van der Waals surface area contributed by atoms with Gasteiger partial charge >= 0.3 is 12.0 Å². The van der Waals surface area contributed by atoms with Gasteiger partial charge in [0.15, 0.2) is 0 Å². The van der Waals surface area contributed by atoms with Gasteiger partial charge < -0.3 is 15.3 Å². The fourth-order valence-corrected chi connectivity index (χ4v) is 2.46. The smallest absolute Gasteiger partial charge is 0.318 e. The standard InChI is InChI=1S/C15H28N2O3/c1-6-11-9-7-8-10-17(11)13(20)16-15(4,5)14(2,3)12(18)19/h11H,6-10H2,1-5H3,(H,16,20)(H,18,19). The second-order valence-electron chi connectivity index (χ2n) is 6.74. The zero-order chi connectivity index (χ0) is 15.6. The molecule has 0 aliphatic carbocycles. The molecule has 1 aliphatic heterocycles. The van der Waals surface area contributed by atoms with Crippen molar-refractivity contribution in [1.82, 2.24) is 10.2 Å². The van der Waals surface area contributed by atoms with Crippen molar-refractivity contribution in [1.29, 1.82) is 0 Å². The molecular formula is C15H28N2O3. The third kappa shape index (κ3) is 3.25. The van der Waals surface area contributed by atoms with Crippen LogP contribution in [0.5, 0.6) is 0 Å². The second-order valence-corrected chi connectivity index (χ2v) is 6.74. The van der Waals surface area contributed by atoms with E-state index in [1.807, 2.05) is 4.90 Å². The van der Waals surface area contributed by atoms with E-state index in [0.717, 1.165) is 32.2 Å². The van der Waals surface area contributed by atoms with E-state index in [2.05, 4.69) is 12.2 Å². The number of carbonyl (C=O) groups is 2. The predicted octanol–water partition coefficient (Wildman–Crippen LogP) is 2.85. The molecule has 1 heterocycles. The van der Waals surface area contributed by atoms with Crippen LogP contribution >= 0.6 is 0 Å². The van der Waals surface area contributed by atoms with E-state index >= 15 is 0 Å². The summed E-state index contributed by atoms with van der Waals surface area (Å²) in [6, 6.07) is 0.128. The molecule has 1 fully saturated rings. The van der Waals surface area contributed by atoms with Crippen LogP contribution in [-0.4, -0.2) is 40.1 Å². The highest BCUT2D eigenvalue weighted by atomic mass is 16.4. The fourth-order valence-electron chi connectivity index (χ4n) is 2.46. The van der Waals surface area contributed by atoms with Crippen LogP contribution < -0.4 is 5.32 Å². The van der Waals surface area contributed by atoms with E-state index in [9.17, 15) is 14.7 Å². The molecule has 116 valence electrons. The van der Waals surface area contributed by atoms with Crippen molar-refractivity contribution in [2.75, 3.05) is 6.54 Å². The summed E-state index contributed by atoms with van der Waals surface area (Å²) < 4.78 is 0. The number of hydrogen-bond acceptors (Lipinski definition) is 2. The average molecular weight is 284 g/mol. The largest absolute Gasteiger partial charge is 0.481 e. The van der Waals surface area contributed by atoms with Crippen LogP contribution in [0.15, 0.2) is 0 Å². The predicted molar refractivity (Wildman–Crippen MR) is 78.7 cm³/mol. The number of rotatable bonds is 4. The van der Waals surface area contributed by atoms with E-state index in [1.54, 1.807) is 27.7 Å². The van der Waals surface area contributed by atoms with Crippen molar-refractivity contribution in [2.45, 2.75) is 71.9 Å². The molecule has 0 bridgehead atoms. The highest BCUT2D eigenvalue weighted by molar-refractivity contribution is 5.80. The molecule has 0 aromatic rings. The first-order valence-corrected chi connectivity index (χ1v) is 7.45. The molecule has 0 spiro atoms. The van der Waals surface area contributed by atoms with Crippen molar-refractivity contribution in [3.8, 4) is 0 Å². The Bertz CT molecular complexity index is 377. The van der Waals surface area contributed by atoms with Gasteiger partial charge in [0.1, 0.15) is 0 Å². The van der Waals surface area contributed by atoms with Gasteiger partial charge in [-0.3, -0.25) is 4.79 Å². The van der Waals surface area contributed by atoms with Crippen molar-refractivity contribution in [3.63, 3.8) is 0 Å². The van der Waals surface area contributed by atoms with Crippen LogP contribution in [0.3, 0.4) is 0 Å². The molecule has 2 N–H and O–H groups in total. The number of amides is 2. The van der Waals surface area contributed by atoms with Gasteiger partial charge in [-0.15, -0.1) is 0 Å². The lowest BCUT2D eigenvalue weighted by Crippen LogP contribution is -2.61. The summed E-state index contributed by atoms with van der Waals surface area (Å²) in [5, 5.41) is 12.3. The molecular weight excluding hydrogens is 256 g/mol. The van der Waals surface area contributed by atoms with Gasteiger partial charge in [0, 0.05) is 12.6 Å². The van der Waals surface area contributed by atoms with E-state index in [0.29, 0.717) is 0 Å². The number of aliphatic carboxylic acids is 1. The Morgan fingerprint density at radius 1 is 1.25 bits per heavy atom. The number of likely N-dealkylation sites (tertiary alicyclic amines) is 1. The number of carboxylic acids is 1. The lowest BCUT2D eigenvalue weighted by molar-refractivity contribution is -0.150. The normalized spacial score (nSPS) is 20.6. The van der Waals surface area contributed by atoms with Crippen LogP contribution in [-0.2, 0) is 4.79 Å². The lowest BCUT2D eigenvalue weighted by atomic mass is 9.74. The number of urea groups is 1. The average Bonchev–Trinajstić information content (AvgIpc) is 2.37. The summed E-state index contributed by atoms with van der Waals surface area (Å²) in [6.07, 6.45) is 4.15. The number of piperidine rings is 1. The van der Waals surface area contributed by atoms with E-state index in [1.165, 1.54) is 0 Å². The first-order valence-electron chi connectivity index (χ1n) is 7.45. The van der Waals surface area contributed by atoms with E-state index in [-0.39, 0.29) is 12.1 Å². The Hall–Kier alpha value is -1.26. The lowest BCUT2D eigenvalue weighted by Gasteiger charge is -2.42. The highest BCUT2D eigenvalue weighted by Crippen LogP contribution is 2.31. The van der Waals surface area contributed by atoms with Crippen LogP contribution in [0.4, 0.5) is 4.79 Å². The first kappa shape index (κ1) is 16.8. The Morgan fingerprint density at radius 3 is 2.35 bits per heavy atom. The number of hydrogen-bond donors (Lipinski definition) is 2. The van der Waals surface area contributed by atoms with Crippen molar-refractivity contribution in [2.24, 2.45) is 5.41 Å². The quantitative estimate of drug-likeness (QED) is 0.834. The molecule has 2 amide bonds. The molecule has 1 unspecified atom stereocenters. The molecule has 0 aromatic carbocycles. The van der Waals surface area contributed by atoms with Crippen molar-refractivity contribution >= 4 is 12.0 Å². The monoisotopic (exact) mass is 284 g/mol. The zero-order valence-corrected chi connectivity index (χ0v) is 13.3.